The zero-order valence-electron chi connectivity index (χ0n) is 48.2. The lowest BCUT2D eigenvalue weighted by Crippen LogP contribution is -2.62. The SMILES string of the molecule is Cc1cc2c3c(c1)N(c1ccc(C(C)(C)C)cc1-c1ccccc1)c1cc4c(cc1B3c1ccc(-c3cccc5c3-c3ccccc3C5(C)C)cc1N2c1cc2c(cc1C)C(C)(C)CCC2(C)C)C(C)(C)CCC4(C)C. The molecular weight excluding hydrogens is 916 g/mol. The lowest BCUT2D eigenvalue weighted by Gasteiger charge is -2.48. The van der Waals surface area contributed by atoms with Crippen LogP contribution < -0.4 is 26.2 Å². The second kappa shape index (κ2) is 16.2. The van der Waals surface area contributed by atoms with Gasteiger partial charge in [0.05, 0.1) is 5.69 Å². The van der Waals surface area contributed by atoms with Crippen LogP contribution in [-0.2, 0) is 32.5 Å². The Morgan fingerprint density at radius 1 is 0.395 bits per heavy atom. The maximum absolute atomic E-state index is 2.73. The maximum Gasteiger partial charge on any atom is 0.252 e. The number of hydrogen-bond donors (Lipinski definition) is 0. The smallest absolute Gasteiger partial charge is 0.252 e. The van der Waals surface area contributed by atoms with Crippen molar-refractivity contribution >= 4 is 57.2 Å². The normalized spacial score (nSPS) is 18.4. The Labute approximate surface area is 455 Å². The van der Waals surface area contributed by atoms with Gasteiger partial charge in [-0.3, -0.25) is 0 Å². The molecule has 0 aromatic heterocycles. The van der Waals surface area contributed by atoms with E-state index < -0.39 is 0 Å². The summed E-state index contributed by atoms with van der Waals surface area (Å²) in [6.07, 6.45) is 4.67. The molecule has 0 bridgehead atoms. The highest BCUT2D eigenvalue weighted by atomic mass is 15.2. The molecule has 0 radical (unpaired) electrons. The summed E-state index contributed by atoms with van der Waals surface area (Å²) in [5.74, 6) is 0. The van der Waals surface area contributed by atoms with Crippen LogP contribution in [0.15, 0.2) is 146 Å². The van der Waals surface area contributed by atoms with Crippen molar-refractivity contribution in [2.24, 2.45) is 0 Å². The van der Waals surface area contributed by atoms with Gasteiger partial charge in [-0.15, -0.1) is 0 Å². The Morgan fingerprint density at radius 2 is 0.934 bits per heavy atom. The number of rotatable bonds is 4. The van der Waals surface area contributed by atoms with Crippen molar-refractivity contribution in [3.8, 4) is 33.4 Å². The molecule has 76 heavy (non-hydrogen) atoms. The predicted octanol–water partition coefficient (Wildman–Crippen LogP) is 18.0. The molecule has 3 aliphatic carbocycles. The Morgan fingerprint density at radius 3 is 1.58 bits per heavy atom. The molecule has 13 rings (SSSR count). The zero-order chi connectivity index (χ0) is 53.4. The fourth-order valence-electron chi connectivity index (χ4n) is 14.9. The van der Waals surface area contributed by atoms with Crippen molar-refractivity contribution in [1.29, 1.82) is 0 Å². The largest absolute Gasteiger partial charge is 0.311 e. The van der Waals surface area contributed by atoms with E-state index in [1.807, 2.05) is 0 Å². The van der Waals surface area contributed by atoms with Crippen molar-refractivity contribution in [3.63, 3.8) is 0 Å². The van der Waals surface area contributed by atoms with Crippen LogP contribution >= 0.6 is 0 Å². The summed E-state index contributed by atoms with van der Waals surface area (Å²) in [4.78, 5) is 5.44. The van der Waals surface area contributed by atoms with Gasteiger partial charge in [-0.2, -0.15) is 0 Å². The molecule has 0 saturated heterocycles. The van der Waals surface area contributed by atoms with E-state index >= 15 is 0 Å². The van der Waals surface area contributed by atoms with Crippen LogP contribution in [0, 0.1) is 13.8 Å². The third-order valence-corrected chi connectivity index (χ3v) is 19.7. The summed E-state index contributed by atoms with van der Waals surface area (Å²) in [5.41, 5.74) is 32.4. The van der Waals surface area contributed by atoms with E-state index in [1.54, 1.807) is 0 Å². The van der Waals surface area contributed by atoms with Gasteiger partial charge in [0, 0.05) is 39.4 Å². The lowest BCUT2D eigenvalue weighted by atomic mass is 9.33. The molecule has 0 spiro atoms. The topological polar surface area (TPSA) is 6.48 Å². The highest BCUT2D eigenvalue weighted by Crippen LogP contribution is 2.56. The Hall–Kier alpha value is -6.58. The first-order chi connectivity index (χ1) is 35.9. The van der Waals surface area contributed by atoms with Crippen LogP contribution in [-0.4, -0.2) is 6.71 Å². The van der Waals surface area contributed by atoms with Gasteiger partial charge in [0.25, 0.3) is 6.71 Å². The number of anilines is 6. The van der Waals surface area contributed by atoms with Crippen LogP contribution in [0.5, 0.6) is 0 Å². The highest BCUT2D eigenvalue weighted by Gasteiger charge is 2.48. The fraction of sp³-hybridized carbons (Fsp3) is 0.342. The number of nitrogens with zero attached hydrogens (tertiary/aromatic N) is 2. The summed E-state index contributed by atoms with van der Waals surface area (Å²) in [6, 6.07) is 57.9. The third-order valence-electron chi connectivity index (χ3n) is 19.7. The van der Waals surface area contributed by atoms with Crippen molar-refractivity contribution in [3.05, 3.63) is 196 Å². The molecule has 2 aliphatic heterocycles. The molecule has 0 fully saturated rings. The number of aryl methyl sites for hydroxylation is 2. The van der Waals surface area contributed by atoms with Crippen LogP contribution in [0.3, 0.4) is 0 Å². The van der Waals surface area contributed by atoms with Crippen molar-refractivity contribution in [2.75, 3.05) is 9.80 Å². The first kappa shape index (κ1) is 49.0. The van der Waals surface area contributed by atoms with Gasteiger partial charge in [-0.25, -0.2) is 0 Å². The molecule has 0 saturated carbocycles. The first-order valence-corrected chi connectivity index (χ1v) is 28.5. The molecular formula is C73H77BN2. The van der Waals surface area contributed by atoms with E-state index in [4.69, 9.17) is 0 Å². The summed E-state index contributed by atoms with van der Waals surface area (Å²) in [5, 5.41) is 0. The molecule has 0 atom stereocenters. The van der Waals surface area contributed by atoms with E-state index in [-0.39, 0.29) is 39.2 Å². The Bertz CT molecular complexity index is 3760. The van der Waals surface area contributed by atoms with Crippen LogP contribution in [0.1, 0.15) is 166 Å². The number of hydrogen-bond acceptors (Lipinski definition) is 2. The minimum absolute atomic E-state index is 0.00762. The van der Waals surface area contributed by atoms with E-state index in [0.717, 1.165) is 19.3 Å². The number of benzene rings is 8. The summed E-state index contributed by atoms with van der Waals surface area (Å²) in [7, 11) is 0. The van der Waals surface area contributed by atoms with Crippen molar-refractivity contribution < 1.29 is 0 Å². The van der Waals surface area contributed by atoms with Crippen molar-refractivity contribution in [2.45, 2.75) is 162 Å². The minimum atomic E-state index is -0.0948. The van der Waals surface area contributed by atoms with Gasteiger partial charge < -0.3 is 9.80 Å². The van der Waals surface area contributed by atoms with E-state index in [0.29, 0.717) is 0 Å². The van der Waals surface area contributed by atoms with Crippen LogP contribution in [0.4, 0.5) is 34.1 Å². The fourth-order valence-corrected chi connectivity index (χ4v) is 14.9. The zero-order valence-corrected chi connectivity index (χ0v) is 48.2. The average molecular weight is 993 g/mol. The molecule has 2 heterocycles. The third kappa shape index (κ3) is 7.12. The molecule has 0 amide bonds. The van der Waals surface area contributed by atoms with E-state index in [2.05, 4.69) is 259 Å². The standard InChI is InChI=1S/C73H77BN2/c1-44-36-64-67-65(37-44)76(61-42-56-54(38-45(61)2)69(6,7)32-34-71(56,10)11)62-39-47(49-25-21-27-53-66(49)50-24-19-20-26-52(50)73(53,14)15)28-30-58(62)74(67)59-41-55-57(72(12,13)35-33-70(55,8)9)43-63(59)75(64)60-31-29-48(68(3,4)5)40-51(60)46-22-17-16-18-23-46/h16-31,36-43H,32-35H2,1-15H3. The van der Waals surface area contributed by atoms with Gasteiger partial charge in [-0.1, -0.05) is 193 Å². The van der Waals surface area contributed by atoms with E-state index in [9.17, 15) is 0 Å². The van der Waals surface area contributed by atoms with Gasteiger partial charge in [0.1, 0.15) is 0 Å². The van der Waals surface area contributed by atoms with Crippen molar-refractivity contribution in [1.82, 2.24) is 0 Å². The first-order valence-electron chi connectivity index (χ1n) is 28.5. The number of fused-ring (bicyclic) bond motifs is 9. The van der Waals surface area contributed by atoms with Gasteiger partial charge in [0.15, 0.2) is 0 Å². The lowest BCUT2D eigenvalue weighted by molar-refractivity contribution is 0.332. The van der Waals surface area contributed by atoms with Crippen LogP contribution in [0.2, 0.25) is 0 Å². The minimum Gasteiger partial charge on any atom is -0.311 e. The molecule has 5 aliphatic rings. The Balaban J connectivity index is 1.15. The molecule has 0 unspecified atom stereocenters. The van der Waals surface area contributed by atoms with E-state index in [1.165, 1.54) is 140 Å². The monoisotopic (exact) mass is 993 g/mol. The summed E-state index contributed by atoms with van der Waals surface area (Å²) in [6.45, 7) is 36.4. The summed E-state index contributed by atoms with van der Waals surface area (Å²) >= 11 is 0. The second-order valence-electron chi connectivity index (χ2n) is 28.0. The quantitative estimate of drug-likeness (QED) is 0.162. The van der Waals surface area contributed by atoms with Gasteiger partial charge in [0.2, 0.25) is 0 Å². The Kier molecular flexibility index (Phi) is 10.5. The summed E-state index contributed by atoms with van der Waals surface area (Å²) < 4.78 is 0. The molecule has 8 aromatic rings. The maximum atomic E-state index is 2.73. The van der Waals surface area contributed by atoms with Crippen LogP contribution in [0.25, 0.3) is 33.4 Å². The predicted molar refractivity (Wildman–Crippen MR) is 328 cm³/mol. The highest BCUT2D eigenvalue weighted by molar-refractivity contribution is 7.00. The molecule has 8 aromatic carbocycles. The van der Waals surface area contributed by atoms with Gasteiger partial charge >= 0.3 is 0 Å². The van der Waals surface area contributed by atoms with Gasteiger partial charge in [-0.05, 0) is 203 Å². The molecule has 382 valence electrons. The second-order valence-corrected chi connectivity index (χ2v) is 28.0. The molecule has 3 heteroatoms. The average Bonchev–Trinajstić information content (AvgIpc) is 3.72. The molecule has 0 N–H and O–H groups in total. The molecule has 2 nitrogen and oxygen atoms in total.